The van der Waals surface area contributed by atoms with E-state index in [1.165, 1.54) is 0 Å². The van der Waals surface area contributed by atoms with E-state index >= 15 is 0 Å². The number of rotatable bonds is 8. The first-order valence-corrected chi connectivity index (χ1v) is 11.3. The fourth-order valence-corrected chi connectivity index (χ4v) is 4.20. The van der Waals surface area contributed by atoms with Crippen LogP contribution in [0, 0.1) is 0 Å². The number of hydrogen-bond donors (Lipinski definition) is 2. The summed E-state index contributed by atoms with van der Waals surface area (Å²) in [6.07, 6.45) is 4.85. The molecule has 2 amide bonds. The van der Waals surface area contributed by atoms with Crippen molar-refractivity contribution in [3.63, 3.8) is 0 Å². The van der Waals surface area contributed by atoms with Crippen molar-refractivity contribution in [3.8, 4) is 0 Å². The van der Waals surface area contributed by atoms with Gasteiger partial charge in [0.1, 0.15) is 12.4 Å². The molecule has 2 N–H and O–H groups in total. The zero-order valence-electron chi connectivity index (χ0n) is 18.7. The molecule has 0 bridgehead atoms. The van der Waals surface area contributed by atoms with Crippen molar-refractivity contribution in [1.82, 2.24) is 14.9 Å². The lowest BCUT2D eigenvalue weighted by molar-refractivity contribution is -0.147. The van der Waals surface area contributed by atoms with Crippen LogP contribution < -0.4 is 10.6 Å². The first-order valence-electron chi connectivity index (χ1n) is 11.3. The number of carbonyl (C=O) groups is 3. The second-order valence-electron chi connectivity index (χ2n) is 8.17. The molecule has 172 valence electrons. The molecule has 2 aromatic carbocycles. The summed E-state index contributed by atoms with van der Waals surface area (Å²) in [5.74, 6) is -0.473. The summed E-state index contributed by atoms with van der Waals surface area (Å²) in [7, 11) is 0. The quantitative estimate of drug-likeness (QED) is 0.514. The highest BCUT2D eigenvalue weighted by Gasteiger charge is 2.20. The second-order valence-corrected chi connectivity index (χ2v) is 8.17. The highest BCUT2D eigenvalue weighted by molar-refractivity contribution is 6.04. The molecule has 4 rings (SSSR count). The lowest BCUT2D eigenvalue weighted by atomic mass is 10.1. The van der Waals surface area contributed by atoms with Gasteiger partial charge >= 0.3 is 5.97 Å². The molecule has 1 aliphatic carbocycles. The molecule has 1 aromatic heterocycles. The van der Waals surface area contributed by atoms with Crippen molar-refractivity contribution < 1.29 is 19.1 Å². The van der Waals surface area contributed by atoms with Crippen molar-refractivity contribution in [1.29, 1.82) is 0 Å². The standard InChI is InChI=1S/C25H28N4O4/c1-2-22-27-20-13-7-8-14-21(20)29(22)15-24(31)33-16-23(30)28-19-12-6-5-11-18(19)25(32)26-17-9-3-4-10-17/h5-8,11-14,17H,2-4,9-10,15-16H2,1H3,(H,26,32)(H,28,30). The highest BCUT2D eigenvalue weighted by Crippen LogP contribution is 2.20. The van der Waals surface area contributed by atoms with Crippen molar-refractivity contribution >= 4 is 34.5 Å². The average molecular weight is 449 g/mol. The van der Waals surface area contributed by atoms with Crippen LogP contribution in [0.15, 0.2) is 48.5 Å². The SMILES string of the molecule is CCc1nc2ccccc2n1CC(=O)OCC(=O)Nc1ccccc1C(=O)NC1CCCC1. The first-order chi connectivity index (χ1) is 16.0. The van der Waals surface area contributed by atoms with Crippen molar-refractivity contribution in [2.24, 2.45) is 0 Å². The van der Waals surface area contributed by atoms with Crippen molar-refractivity contribution in [2.75, 3.05) is 11.9 Å². The topological polar surface area (TPSA) is 102 Å². The maximum absolute atomic E-state index is 12.7. The highest BCUT2D eigenvalue weighted by atomic mass is 16.5. The Hall–Kier alpha value is -3.68. The number of amides is 2. The number of hydrogen-bond acceptors (Lipinski definition) is 5. The number of esters is 1. The average Bonchev–Trinajstić information content (AvgIpc) is 3.46. The van der Waals surface area contributed by atoms with Crippen LogP contribution in [0.1, 0.15) is 48.8 Å². The van der Waals surface area contributed by atoms with E-state index in [1.807, 2.05) is 31.2 Å². The van der Waals surface area contributed by atoms with Gasteiger partial charge in [-0.25, -0.2) is 4.98 Å². The predicted octanol–water partition coefficient (Wildman–Crippen LogP) is 3.45. The van der Waals surface area contributed by atoms with Gasteiger partial charge in [-0.15, -0.1) is 0 Å². The van der Waals surface area contributed by atoms with Gasteiger partial charge in [-0.1, -0.05) is 44.0 Å². The molecule has 1 aliphatic rings. The number of ether oxygens (including phenoxy) is 1. The Balaban J connectivity index is 1.34. The Morgan fingerprint density at radius 1 is 1.06 bits per heavy atom. The fourth-order valence-electron chi connectivity index (χ4n) is 4.20. The van der Waals surface area contributed by atoms with Gasteiger partial charge in [-0.2, -0.15) is 0 Å². The second kappa shape index (κ2) is 10.3. The number of nitrogens with one attached hydrogen (secondary N) is 2. The van der Waals surface area contributed by atoms with E-state index < -0.39 is 18.5 Å². The number of nitrogens with zero attached hydrogens (tertiary/aromatic N) is 2. The summed E-state index contributed by atoms with van der Waals surface area (Å²) in [4.78, 5) is 42.1. The minimum Gasteiger partial charge on any atom is -0.454 e. The van der Waals surface area contributed by atoms with Crippen molar-refractivity contribution in [3.05, 3.63) is 59.9 Å². The van der Waals surface area contributed by atoms with E-state index in [0.29, 0.717) is 17.7 Å². The van der Waals surface area contributed by atoms with Crippen LogP contribution in [0.5, 0.6) is 0 Å². The Morgan fingerprint density at radius 3 is 2.58 bits per heavy atom. The van der Waals surface area contributed by atoms with Crippen molar-refractivity contribution in [2.45, 2.75) is 51.6 Å². The molecule has 8 nitrogen and oxygen atoms in total. The molecule has 0 unspecified atom stereocenters. The van der Waals surface area contributed by atoms with E-state index in [2.05, 4.69) is 15.6 Å². The summed E-state index contributed by atoms with van der Waals surface area (Å²) in [6, 6.07) is 14.6. The number of anilines is 1. The smallest absolute Gasteiger partial charge is 0.326 e. The predicted molar refractivity (Wildman–Crippen MR) is 125 cm³/mol. The Bertz CT molecular complexity index is 1160. The lowest BCUT2D eigenvalue weighted by Gasteiger charge is -2.15. The van der Waals surface area contributed by atoms with Gasteiger partial charge in [0.05, 0.1) is 22.3 Å². The molecule has 1 fully saturated rings. The number of carbonyl (C=O) groups excluding carboxylic acids is 3. The van der Waals surface area contributed by atoms with E-state index in [9.17, 15) is 14.4 Å². The molecule has 3 aromatic rings. The minimum absolute atomic E-state index is 0.0304. The monoisotopic (exact) mass is 448 g/mol. The van der Waals surface area contributed by atoms with Gasteiger partial charge in [-0.3, -0.25) is 14.4 Å². The number of para-hydroxylation sites is 3. The summed E-state index contributed by atoms with van der Waals surface area (Å²) < 4.78 is 7.01. The molecule has 0 spiro atoms. The van der Waals surface area contributed by atoms with Crippen LogP contribution in [-0.2, 0) is 27.3 Å². The third kappa shape index (κ3) is 5.39. The zero-order valence-corrected chi connectivity index (χ0v) is 18.7. The van der Waals surface area contributed by atoms with E-state index in [1.54, 1.807) is 28.8 Å². The fraction of sp³-hybridized carbons (Fsp3) is 0.360. The number of aryl methyl sites for hydroxylation is 1. The summed E-state index contributed by atoms with van der Waals surface area (Å²) in [5.41, 5.74) is 2.44. The van der Waals surface area contributed by atoms with Crippen LogP contribution in [0.2, 0.25) is 0 Å². The van der Waals surface area contributed by atoms with Gasteiger partial charge < -0.3 is 19.9 Å². The van der Waals surface area contributed by atoms with Crippen LogP contribution in [0.3, 0.4) is 0 Å². The van der Waals surface area contributed by atoms with Gasteiger partial charge in [0, 0.05) is 12.5 Å². The van der Waals surface area contributed by atoms with Gasteiger partial charge in [0.2, 0.25) is 0 Å². The summed E-state index contributed by atoms with van der Waals surface area (Å²) in [5, 5.41) is 5.71. The van der Waals surface area contributed by atoms with Crippen LogP contribution in [-0.4, -0.2) is 40.0 Å². The Morgan fingerprint density at radius 2 is 1.79 bits per heavy atom. The molecule has 8 heteroatoms. The molecule has 33 heavy (non-hydrogen) atoms. The molecule has 0 radical (unpaired) electrons. The van der Waals surface area contributed by atoms with Crippen LogP contribution >= 0.6 is 0 Å². The Kier molecular flexibility index (Phi) is 7.02. The third-order valence-corrected chi connectivity index (χ3v) is 5.84. The molecular formula is C25H28N4O4. The lowest BCUT2D eigenvalue weighted by Crippen LogP contribution is -2.33. The number of imidazole rings is 1. The Labute approximate surface area is 192 Å². The summed E-state index contributed by atoms with van der Waals surface area (Å²) >= 11 is 0. The molecular weight excluding hydrogens is 420 g/mol. The summed E-state index contributed by atoms with van der Waals surface area (Å²) in [6.45, 7) is 1.50. The maximum Gasteiger partial charge on any atom is 0.326 e. The number of aromatic nitrogens is 2. The largest absolute Gasteiger partial charge is 0.454 e. The molecule has 0 saturated heterocycles. The van der Waals surface area contributed by atoms with Gasteiger partial charge in [0.15, 0.2) is 6.61 Å². The number of benzene rings is 2. The molecule has 0 aliphatic heterocycles. The van der Waals surface area contributed by atoms with E-state index in [0.717, 1.165) is 42.5 Å². The number of fused-ring (bicyclic) bond motifs is 1. The molecule has 1 saturated carbocycles. The molecule has 1 heterocycles. The molecule has 0 atom stereocenters. The van der Waals surface area contributed by atoms with E-state index in [4.69, 9.17) is 4.74 Å². The zero-order chi connectivity index (χ0) is 23.2. The van der Waals surface area contributed by atoms with E-state index in [-0.39, 0.29) is 18.5 Å². The maximum atomic E-state index is 12.7. The minimum atomic E-state index is -0.532. The third-order valence-electron chi connectivity index (χ3n) is 5.84. The normalized spacial score (nSPS) is 13.7. The van der Waals surface area contributed by atoms with Gasteiger partial charge in [0.25, 0.3) is 11.8 Å². The van der Waals surface area contributed by atoms with Gasteiger partial charge in [-0.05, 0) is 37.1 Å². The first kappa shape index (κ1) is 22.5. The van der Waals surface area contributed by atoms with Crippen LogP contribution in [0.25, 0.3) is 11.0 Å². The van der Waals surface area contributed by atoms with Crippen LogP contribution in [0.4, 0.5) is 5.69 Å².